The zero-order valence-electron chi connectivity index (χ0n) is 9.99. The van der Waals surface area contributed by atoms with Crippen molar-refractivity contribution in [1.29, 1.82) is 0 Å². The monoisotopic (exact) mass is 322 g/mol. The third-order valence-corrected chi connectivity index (χ3v) is 3.35. The van der Waals surface area contributed by atoms with Crippen molar-refractivity contribution in [2.45, 2.75) is 6.54 Å². The molecule has 0 heterocycles. The summed E-state index contributed by atoms with van der Waals surface area (Å²) in [6, 6.07) is 11.2. The van der Waals surface area contributed by atoms with Crippen molar-refractivity contribution in [2.75, 3.05) is 5.73 Å². The predicted molar refractivity (Wildman–Crippen MR) is 76.1 cm³/mol. The van der Waals surface area contributed by atoms with Crippen LogP contribution < -0.4 is 11.1 Å². The number of halogens is 2. The number of carbonyl (C=O) groups excluding carboxylic acids is 1. The van der Waals surface area contributed by atoms with Crippen LogP contribution in [0.4, 0.5) is 10.1 Å². The summed E-state index contributed by atoms with van der Waals surface area (Å²) in [6.45, 7) is 0.146. The van der Waals surface area contributed by atoms with E-state index >= 15 is 0 Å². The van der Waals surface area contributed by atoms with E-state index in [2.05, 4.69) is 21.2 Å². The Bertz CT molecular complexity index is 616. The number of hydrogen-bond donors (Lipinski definition) is 2. The van der Waals surface area contributed by atoms with Crippen molar-refractivity contribution in [3.05, 3.63) is 63.9 Å². The SMILES string of the molecule is Nc1ccc(C(=O)NCc2ccccc2F)cc1Br. The van der Waals surface area contributed by atoms with Crippen LogP contribution >= 0.6 is 15.9 Å². The normalized spacial score (nSPS) is 10.2. The fourth-order valence-corrected chi connectivity index (χ4v) is 1.97. The minimum absolute atomic E-state index is 0.146. The molecule has 98 valence electrons. The average Bonchev–Trinajstić information content (AvgIpc) is 2.40. The standard InChI is InChI=1S/C14H12BrFN2O/c15-11-7-9(5-6-13(11)17)14(19)18-8-10-3-1-2-4-12(10)16/h1-7H,8,17H2,(H,18,19). The minimum atomic E-state index is -0.332. The molecular formula is C14H12BrFN2O. The van der Waals surface area contributed by atoms with E-state index in [-0.39, 0.29) is 18.3 Å². The molecule has 3 nitrogen and oxygen atoms in total. The number of benzene rings is 2. The molecule has 2 aromatic carbocycles. The lowest BCUT2D eigenvalue weighted by molar-refractivity contribution is 0.0950. The second-order valence-corrected chi connectivity index (χ2v) is 4.86. The highest BCUT2D eigenvalue weighted by Crippen LogP contribution is 2.20. The fourth-order valence-electron chi connectivity index (χ4n) is 1.59. The van der Waals surface area contributed by atoms with Gasteiger partial charge in [-0.15, -0.1) is 0 Å². The quantitative estimate of drug-likeness (QED) is 0.853. The molecule has 0 atom stereocenters. The minimum Gasteiger partial charge on any atom is -0.398 e. The average molecular weight is 323 g/mol. The van der Waals surface area contributed by atoms with Crippen LogP contribution in [-0.2, 0) is 6.54 Å². The van der Waals surface area contributed by atoms with Gasteiger partial charge >= 0.3 is 0 Å². The first-order valence-corrected chi connectivity index (χ1v) is 6.44. The summed E-state index contributed by atoms with van der Waals surface area (Å²) in [5, 5.41) is 2.66. The van der Waals surface area contributed by atoms with E-state index < -0.39 is 0 Å². The van der Waals surface area contributed by atoms with Crippen molar-refractivity contribution >= 4 is 27.5 Å². The molecule has 3 N–H and O–H groups in total. The van der Waals surface area contributed by atoms with Crippen LogP contribution in [0.25, 0.3) is 0 Å². The molecule has 0 spiro atoms. The summed E-state index contributed by atoms with van der Waals surface area (Å²) in [4.78, 5) is 11.9. The molecule has 1 amide bonds. The van der Waals surface area contributed by atoms with E-state index in [1.165, 1.54) is 6.07 Å². The molecule has 0 aromatic heterocycles. The second-order valence-electron chi connectivity index (χ2n) is 4.01. The Kier molecular flexibility index (Phi) is 4.16. The van der Waals surface area contributed by atoms with Crippen LogP contribution in [0.2, 0.25) is 0 Å². The second kappa shape index (κ2) is 5.84. The number of amides is 1. The van der Waals surface area contributed by atoms with Gasteiger partial charge in [0.2, 0.25) is 0 Å². The van der Waals surface area contributed by atoms with Crippen LogP contribution in [0.15, 0.2) is 46.9 Å². The fraction of sp³-hybridized carbons (Fsp3) is 0.0714. The van der Waals surface area contributed by atoms with Crippen molar-refractivity contribution < 1.29 is 9.18 Å². The Balaban J connectivity index is 2.05. The van der Waals surface area contributed by atoms with Gasteiger partial charge in [-0.1, -0.05) is 18.2 Å². The van der Waals surface area contributed by atoms with Crippen molar-refractivity contribution in [1.82, 2.24) is 5.32 Å². The Hall–Kier alpha value is -1.88. The molecular weight excluding hydrogens is 311 g/mol. The Morgan fingerprint density at radius 3 is 2.68 bits per heavy atom. The van der Waals surface area contributed by atoms with Crippen LogP contribution in [0.5, 0.6) is 0 Å². The zero-order valence-corrected chi connectivity index (χ0v) is 11.6. The molecule has 0 aliphatic carbocycles. The van der Waals surface area contributed by atoms with Crippen LogP contribution in [0, 0.1) is 5.82 Å². The smallest absolute Gasteiger partial charge is 0.251 e. The molecule has 0 radical (unpaired) electrons. The molecule has 0 aliphatic heterocycles. The van der Waals surface area contributed by atoms with Crippen molar-refractivity contribution in [2.24, 2.45) is 0 Å². The van der Waals surface area contributed by atoms with E-state index in [4.69, 9.17) is 5.73 Å². The number of anilines is 1. The summed E-state index contributed by atoms with van der Waals surface area (Å²) in [5.74, 6) is -0.606. The predicted octanol–water partition coefficient (Wildman–Crippen LogP) is 3.10. The van der Waals surface area contributed by atoms with Crippen LogP contribution in [-0.4, -0.2) is 5.91 Å². The molecule has 0 saturated carbocycles. The van der Waals surface area contributed by atoms with Gasteiger partial charge in [-0.3, -0.25) is 4.79 Å². The molecule has 0 aliphatic rings. The van der Waals surface area contributed by atoms with E-state index in [0.29, 0.717) is 21.3 Å². The summed E-state index contributed by atoms with van der Waals surface area (Å²) in [6.07, 6.45) is 0. The van der Waals surface area contributed by atoms with Gasteiger partial charge in [-0.05, 0) is 40.2 Å². The maximum atomic E-state index is 13.4. The topological polar surface area (TPSA) is 55.1 Å². The number of nitrogens with one attached hydrogen (secondary N) is 1. The number of nitrogen functional groups attached to an aromatic ring is 1. The molecule has 0 saturated heterocycles. The van der Waals surface area contributed by atoms with Crippen molar-refractivity contribution in [3.8, 4) is 0 Å². The lowest BCUT2D eigenvalue weighted by atomic mass is 10.1. The summed E-state index contributed by atoms with van der Waals surface area (Å²) >= 11 is 3.26. The number of carbonyl (C=O) groups is 1. The molecule has 2 aromatic rings. The highest BCUT2D eigenvalue weighted by atomic mass is 79.9. The number of hydrogen-bond acceptors (Lipinski definition) is 2. The maximum Gasteiger partial charge on any atom is 0.251 e. The van der Waals surface area contributed by atoms with E-state index in [9.17, 15) is 9.18 Å². The lowest BCUT2D eigenvalue weighted by Crippen LogP contribution is -2.23. The van der Waals surface area contributed by atoms with Gasteiger partial charge in [0.05, 0.1) is 0 Å². The Morgan fingerprint density at radius 2 is 2.00 bits per heavy atom. The highest BCUT2D eigenvalue weighted by Gasteiger charge is 2.08. The van der Waals surface area contributed by atoms with Gasteiger partial charge in [-0.2, -0.15) is 0 Å². The summed E-state index contributed by atoms with van der Waals surface area (Å²) in [7, 11) is 0. The van der Waals surface area contributed by atoms with E-state index in [1.54, 1.807) is 36.4 Å². The number of nitrogens with two attached hydrogens (primary N) is 1. The van der Waals surface area contributed by atoms with Gasteiger partial charge in [0, 0.05) is 27.8 Å². The number of rotatable bonds is 3. The molecule has 19 heavy (non-hydrogen) atoms. The van der Waals surface area contributed by atoms with E-state index in [1.807, 2.05) is 0 Å². The molecule has 2 rings (SSSR count). The first kappa shape index (κ1) is 13.5. The van der Waals surface area contributed by atoms with Crippen molar-refractivity contribution in [3.63, 3.8) is 0 Å². The molecule has 0 unspecified atom stereocenters. The Labute approximate surface area is 118 Å². The van der Waals surface area contributed by atoms with Crippen LogP contribution in [0.1, 0.15) is 15.9 Å². The third kappa shape index (κ3) is 3.32. The first-order valence-electron chi connectivity index (χ1n) is 5.64. The van der Waals surface area contributed by atoms with Gasteiger partial charge in [-0.25, -0.2) is 4.39 Å². The largest absolute Gasteiger partial charge is 0.398 e. The van der Waals surface area contributed by atoms with Crippen LogP contribution in [0.3, 0.4) is 0 Å². The first-order chi connectivity index (χ1) is 9.08. The highest BCUT2D eigenvalue weighted by molar-refractivity contribution is 9.10. The van der Waals surface area contributed by atoms with Gasteiger partial charge in [0.1, 0.15) is 5.82 Å². The van der Waals surface area contributed by atoms with Gasteiger partial charge in [0.15, 0.2) is 0 Å². The molecule has 0 fully saturated rings. The summed E-state index contributed by atoms with van der Waals surface area (Å²) in [5.41, 5.74) is 7.13. The zero-order chi connectivity index (χ0) is 13.8. The van der Waals surface area contributed by atoms with E-state index in [0.717, 1.165) is 0 Å². The third-order valence-electron chi connectivity index (χ3n) is 2.66. The maximum absolute atomic E-state index is 13.4. The summed E-state index contributed by atoms with van der Waals surface area (Å²) < 4.78 is 14.0. The van der Waals surface area contributed by atoms with Gasteiger partial charge < -0.3 is 11.1 Å². The van der Waals surface area contributed by atoms with Gasteiger partial charge in [0.25, 0.3) is 5.91 Å². The molecule has 5 heteroatoms. The Morgan fingerprint density at radius 1 is 1.26 bits per heavy atom. The lowest BCUT2D eigenvalue weighted by Gasteiger charge is -2.07. The molecule has 0 bridgehead atoms.